The Kier molecular flexibility index (Phi) is 2.15. The summed E-state index contributed by atoms with van der Waals surface area (Å²) >= 11 is 0. The maximum Gasteiger partial charge on any atom is 0.327 e. The first-order valence-electron chi connectivity index (χ1n) is 3.69. The lowest BCUT2D eigenvalue weighted by Gasteiger charge is -2.24. The quantitative estimate of drug-likeness (QED) is 0.485. The average Bonchev–Trinajstić information content (AvgIpc) is 2.32. The van der Waals surface area contributed by atoms with Crippen LogP contribution >= 0.6 is 0 Å². The molecule has 0 radical (unpaired) electrons. The van der Waals surface area contributed by atoms with Crippen LogP contribution in [-0.4, -0.2) is 31.7 Å². The average molecular weight is 158 g/mol. The van der Waals surface area contributed by atoms with Gasteiger partial charge >= 0.3 is 5.97 Å². The maximum absolute atomic E-state index is 11.2. The molecule has 3 N–H and O–H groups in total. The molecule has 0 aromatic carbocycles. The molecule has 1 saturated heterocycles. The second kappa shape index (κ2) is 2.79. The highest BCUT2D eigenvalue weighted by molar-refractivity contribution is 5.81. The maximum atomic E-state index is 11.2. The third kappa shape index (κ3) is 1.23. The van der Waals surface area contributed by atoms with Crippen molar-refractivity contribution in [3.63, 3.8) is 0 Å². The second-order valence-corrected chi connectivity index (χ2v) is 3.06. The van der Waals surface area contributed by atoms with Gasteiger partial charge in [-0.3, -0.25) is 4.79 Å². The highest BCUT2D eigenvalue weighted by Crippen LogP contribution is 2.19. The summed E-state index contributed by atoms with van der Waals surface area (Å²) in [7, 11) is 1.36. The molecule has 4 heteroatoms. The van der Waals surface area contributed by atoms with Crippen LogP contribution in [-0.2, 0) is 9.53 Å². The number of nitrogens with one attached hydrogen (secondary N) is 1. The van der Waals surface area contributed by atoms with Crippen LogP contribution in [0.2, 0.25) is 0 Å². The Balaban J connectivity index is 2.72. The highest BCUT2D eigenvalue weighted by atomic mass is 16.5. The molecule has 0 spiro atoms. The molecule has 4 nitrogen and oxygen atoms in total. The van der Waals surface area contributed by atoms with Crippen LogP contribution in [0.4, 0.5) is 0 Å². The van der Waals surface area contributed by atoms with Gasteiger partial charge in [-0.15, -0.1) is 0 Å². The fourth-order valence-electron chi connectivity index (χ4n) is 1.32. The largest absolute Gasteiger partial charge is 0.468 e. The molecule has 0 bridgehead atoms. The minimum Gasteiger partial charge on any atom is -0.468 e. The zero-order chi connectivity index (χ0) is 8.48. The fourth-order valence-corrected chi connectivity index (χ4v) is 1.32. The molecular weight excluding hydrogens is 144 g/mol. The molecule has 0 saturated carbocycles. The van der Waals surface area contributed by atoms with Crippen molar-refractivity contribution in [2.75, 3.05) is 20.2 Å². The number of carbonyl (C=O) groups excluding carboxylic acids is 1. The van der Waals surface area contributed by atoms with Crippen LogP contribution < -0.4 is 11.1 Å². The van der Waals surface area contributed by atoms with E-state index in [9.17, 15) is 4.79 Å². The zero-order valence-corrected chi connectivity index (χ0v) is 6.89. The van der Waals surface area contributed by atoms with Gasteiger partial charge < -0.3 is 15.8 Å². The van der Waals surface area contributed by atoms with E-state index in [1.54, 1.807) is 0 Å². The van der Waals surface area contributed by atoms with Gasteiger partial charge in [-0.05, 0) is 5.92 Å². The lowest BCUT2D eigenvalue weighted by atomic mass is 9.90. The minimum atomic E-state index is -0.811. The third-order valence-corrected chi connectivity index (χ3v) is 2.31. The van der Waals surface area contributed by atoms with Crippen LogP contribution in [0.3, 0.4) is 0 Å². The van der Waals surface area contributed by atoms with Gasteiger partial charge in [-0.1, -0.05) is 6.92 Å². The standard InChI is InChI=1S/C7H14N2O2/c1-5-3-9-4-7(5,8)6(10)11-2/h5,9H,3-4,8H2,1-2H3/t5-,7+/m0/s1. The van der Waals surface area contributed by atoms with Gasteiger partial charge in [-0.2, -0.15) is 0 Å². The van der Waals surface area contributed by atoms with Gasteiger partial charge in [0.15, 0.2) is 0 Å². The number of nitrogens with two attached hydrogens (primary N) is 1. The van der Waals surface area contributed by atoms with Crippen molar-refractivity contribution in [3.05, 3.63) is 0 Å². The van der Waals surface area contributed by atoms with Crippen molar-refractivity contribution in [1.29, 1.82) is 0 Å². The molecule has 0 amide bonds. The van der Waals surface area contributed by atoms with Crippen LogP contribution in [0.1, 0.15) is 6.92 Å². The first-order valence-corrected chi connectivity index (χ1v) is 3.69. The molecular formula is C7H14N2O2. The molecule has 64 valence electrons. The van der Waals surface area contributed by atoms with Gasteiger partial charge in [0.25, 0.3) is 0 Å². The van der Waals surface area contributed by atoms with Crippen molar-refractivity contribution in [2.45, 2.75) is 12.5 Å². The highest BCUT2D eigenvalue weighted by Gasteiger charge is 2.44. The van der Waals surface area contributed by atoms with Crippen LogP contribution in [0.25, 0.3) is 0 Å². The lowest BCUT2D eigenvalue weighted by molar-refractivity contribution is -0.147. The number of carbonyl (C=O) groups is 1. The van der Waals surface area contributed by atoms with E-state index in [0.29, 0.717) is 6.54 Å². The number of ether oxygens (including phenoxy) is 1. The summed E-state index contributed by atoms with van der Waals surface area (Å²) in [6, 6.07) is 0. The van der Waals surface area contributed by atoms with E-state index in [1.165, 1.54) is 7.11 Å². The van der Waals surface area contributed by atoms with Gasteiger partial charge in [0.05, 0.1) is 7.11 Å². The Morgan fingerprint density at radius 2 is 2.45 bits per heavy atom. The summed E-state index contributed by atoms with van der Waals surface area (Å²) in [4.78, 5) is 11.2. The van der Waals surface area contributed by atoms with E-state index in [-0.39, 0.29) is 11.9 Å². The Morgan fingerprint density at radius 1 is 1.82 bits per heavy atom. The first kappa shape index (κ1) is 8.49. The fraction of sp³-hybridized carbons (Fsp3) is 0.857. The van der Waals surface area contributed by atoms with E-state index in [4.69, 9.17) is 5.73 Å². The molecule has 0 unspecified atom stereocenters. The lowest BCUT2D eigenvalue weighted by Crippen LogP contribution is -2.54. The Labute approximate surface area is 66.1 Å². The van der Waals surface area contributed by atoms with E-state index in [2.05, 4.69) is 10.1 Å². The Bertz CT molecular complexity index is 172. The summed E-state index contributed by atoms with van der Waals surface area (Å²) in [6.07, 6.45) is 0. The second-order valence-electron chi connectivity index (χ2n) is 3.06. The number of rotatable bonds is 1. The molecule has 1 fully saturated rings. The topological polar surface area (TPSA) is 64.3 Å². The number of hydrogen-bond acceptors (Lipinski definition) is 4. The van der Waals surface area contributed by atoms with E-state index >= 15 is 0 Å². The smallest absolute Gasteiger partial charge is 0.327 e. The molecule has 1 rings (SSSR count). The summed E-state index contributed by atoms with van der Waals surface area (Å²) < 4.78 is 4.60. The summed E-state index contributed by atoms with van der Waals surface area (Å²) in [5.41, 5.74) is 5.01. The Hall–Kier alpha value is -0.610. The normalized spacial score (nSPS) is 37.2. The SMILES string of the molecule is COC(=O)[C@@]1(N)CNC[C@@H]1C. The first-order chi connectivity index (χ1) is 5.11. The van der Waals surface area contributed by atoms with E-state index < -0.39 is 5.54 Å². The molecule has 1 aliphatic heterocycles. The van der Waals surface area contributed by atoms with Gasteiger partial charge in [0.1, 0.15) is 5.54 Å². The van der Waals surface area contributed by atoms with Gasteiger partial charge in [0.2, 0.25) is 0 Å². The molecule has 1 aliphatic rings. The Morgan fingerprint density at radius 3 is 2.82 bits per heavy atom. The monoisotopic (exact) mass is 158 g/mol. The summed E-state index contributed by atoms with van der Waals surface area (Å²) in [6.45, 7) is 3.24. The molecule has 0 aromatic rings. The minimum absolute atomic E-state index is 0.148. The number of esters is 1. The zero-order valence-electron chi connectivity index (χ0n) is 6.89. The number of hydrogen-bond donors (Lipinski definition) is 2. The number of methoxy groups -OCH3 is 1. The van der Waals surface area contributed by atoms with Gasteiger partial charge in [0, 0.05) is 13.1 Å². The van der Waals surface area contributed by atoms with Crippen LogP contribution in [0.5, 0.6) is 0 Å². The molecule has 0 aliphatic carbocycles. The van der Waals surface area contributed by atoms with Crippen molar-refractivity contribution < 1.29 is 9.53 Å². The summed E-state index contributed by atoms with van der Waals surface area (Å²) in [5.74, 6) is -0.176. The predicted molar refractivity (Wildman–Crippen MR) is 41.0 cm³/mol. The van der Waals surface area contributed by atoms with Crippen molar-refractivity contribution in [1.82, 2.24) is 5.32 Å². The van der Waals surface area contributed by atoms with Crippen LogP contribution in [0.15, 0.2) is 0 Å². The third-order valence-electron chi connectivity index (χ3n) is 2.31. The molecule has 11 heavy (non-hydrogen) atoms. The van der Waals surface area contributed by atoms with E-state index in [1.807, 2.05) is 6.92 Å². The molecule has 2 atom stereocenters. The van der Waals surface area contributed by atoms with Crippen molar-refractivity contribution >= 4 is 5.97 Å². The molecule has 0 aromatic heterocycles. The van der Waals surface area contributed by atoms with Crippen molar-refractivity contribution in [2.24, 2.45) is 11.7 Å². The van der Waals surface area contributed by atoms with Crippen LogP contribution in [0, 0.1) is 5.92 Å². The molecule has 1 heterocycles. The van der Waals surface area contributed by atoms with Crippen molar-refractivity contribution in [3.8, 4) is 0 Å². The summed E-state index contributed by atoms with van der Waals surface area (Å²) in [5, 5.41) is 3.05. The predicted octanol–water partition coefficient (Wildman–Crippen LogP) is -0.904. The van der Waals surface area contributed by atoms with E-state index in [0.717, 1.165) is 6.54 Å². The van der Waals surface area contributed by atoms with Gasteiger partial charge in [-0.25, -0.2) is 0 Å².